The van der Waals surface area contributed by atoms with Gasteiger partial charge >= 0.3 is 0 Å². The molecule has 1 saturated heterocycles. The molecular weight excluding hydrogens is 344 g/mol. The molecule has 2 heterocycles. The zero-order valence-corrected chi connectivity index (χ0v) is 14.1. The smallest absolute Gasteiger partial charge is 0.253 e. The lowest BCUT2D eigenvalue weighted by Gasteiger charge is -2.31. The summed E-state index contributed by atoms with van der Waals surface area (Å²) in [6, 6.07) is 1.79. The largest absolute Gasteiger partial charge is 0.314 e. The van der Waals surface area contributed by atoms with Gasteiger partial charge in [-0.25, -0.2) is 12.7 Å². The number of aryl methyl sites for hydroxylation is 1. The van der Waals surface area contributed by atoms with Crippen LogP contribution in [0.4, 0.5) is 0 Å². The Balaban J connectivity index is 2.16. The number of piperidine rings is 1. The number of pyridine rings is 1. The fourth-order valence-electron chi connectivity index (χ4n) is 2.63. The van der Waals surface area contributed by atoms with Crippen molar-refractivity contribution in [3.63, 3.8) is 0 Å². The van der Waals surface area contributed by atoms with Crippen molar-refractivity contribution in [3.8, 4) is 0 Å². The Labute approximate surface area is 127 Å². The second-order valence-corrected chi connectivity index (χ2v) is 8.33. The molecule has 0 N–H and O–H groups in total. The minimum Gasteiger partial charge on any atom is -0.314 e. The predicted octanol–water partition coefficient (Wildman–Crippen LogP) is 1.59. The van der Waals surface area contributed by atoms with Crippen LogP contribution in [-0.4, -0.2) is 36.6 Å². The highest BCUT2D eigenvalue weighted by atomic mass is 79.9. The van der Waals surface area contributed by atoms with E-state index in [9.17, 15) is 13.2 Å². The van der Waals surface area contributed by atoms with E-state index in [1.165, 1.54) is 10.6 Å². The van der Waals surface area contributed by atoms with Gasteiger partial charge in [-0.3, -0.25) is 4.79 Å². The van der Waals surface area contributed by atoms with Gasteiger partial charge in [0, 0.05) is 35.9 Å². The molecule has 1 fully saturated rings. The third-order valence-corrected chi connectivity index (χ3v) is 5.34. The standard InChI is InChI=1S/C13H19BrN2O3S/c1-10-6-12(14)9-15(13(10)17)7-11-4-3-5-16(8-11)20(2,18)19/h6,9,11H,3-5,7-8H2,1-2H3. The van der Waals surface area contributed by atoms with Gasteiger partial charge in [-0.05, 0) is 47.7 Å². The molecule has 0 radical (unpaired) electrons. The van der Waals surface area contributed by atoms with Gasteiger partial charge in [-0.1, -0.05) is 0 Å². The average Bonchev–Trinajstić information content (AvgIpc) is 2.35. The van der Waals surface area contributed by atoms with Crippen LogP contribution in [0.15, 0.2) is 21.5 Å². The first-order valence-electron chi connectivity index (χ1n) is 6.59. The second-order valence-electron chi connectivity index (χ2n) is 5.43. The van der Waals surface area contributed by atoms with Crippen LogP contribution >= 0.6 is 15.9 Å². The molecule has 0 aliphatic carbocycles. The molecule has 1 aromatic rings. The molecule has 112 valence electrons. The summed E-state index contributed by atoms with van der Waals surface area (Å²) in [4.78, 5) is 12.1. The van der Waals surface area contributed by atoms with Crippen molar-refractivity contribution in [1.82, 2.24) is 8.87 Å². The lowest BCUT2D eigenvalue weighted by Crippen LogP contribution is -2.41. The average molecular weight is 363 g/mol. The molecule has 1 aliphatic heterocycles. The van der Waals surface area contributed by atoms with Gasteiger partial charge in [-0.2, -0.15) is 0 Å². The van der Waals surface area contributed by atoms with E-state index in [1.807, 2.05) is 0 Å². The van der Waals surface area contributed by atoms with Crippen LogP contribution in [0.5, 0.6) is 0 Å². The number of aromatic nitrogens is 1. The van der Waals surface area contributed by atoms with Crippen molar-refractivity contribution >= 4 is 26.0 Å². The maximum Gasteiger partial charge on any atom is 0.253 e. The van der Waals surface area contributed by atoms with Crippen molar-refractivity contribution < 1.29 is 8.42 Å². The molecule has 20 heavy (non-hydrogen) atoms. The van der Waals surface area contributed by atoms with Gasteiger partial charge in [0.25, 0.3) is 5.56 Å². The van der Waals surface area contributed by atoms with Crippen molar-refractivity contribution in [1.29, 1.82) is 0 Å². The van der Waals surface area contributed by atoms with Crippen LogP contribution in [-0.2, 0) is 16.6 Å². The molecule has 1 aliphatic rings. The summed E-state index contributed by atoms with van der Waals surface area (Å²) in [5.74, 6) is 0.185. The summed E-state index contributed by atoms with van der Waals surface area (Å²) in [5, 5.41) is 0. The lowest BCUT2D eigenvalue weighted by atomic mass is 9.99. The number of sulfonamides is 1. The second kappa shape index (κ2) is 5.99. The minimum absolute atomic E-state index is 0.00956. The highest BCUT2D eigenvalue weighted by Crippen LogP contribution is 2.20. The van der Waals surface area contributed by atoms with Gasteiger partial charge in [0.2, 0.25) is 10.0 Å². The topological polar surface area (TPSA) is 59.4 Å². The Hall–Kier alpha value is -0.660. The normalized spacial score (nSPS) is 21.1. The fraction of sp³-hybridized carbons (Fsp3) is 0.615. The molecule has 7 heteroatoms. The minimum atomic E-state index is -3.14. The van der Waals surface area contributed by atoms with Crippen molar-refractivity contribution in [3.05, 3.63) is 32.7 Å². The first kappa shape index (κ1) is 15.7. The maximum atomic E-state index is 12.1. The summed E-state index contributed by atoms with van der Waals surface area (Å²) >= 11 is 3.39. The highest BCUT2D eigenvalue weighted by molar-refractivity contribution is 9.10. The van der Waals surface area contributed by atoms with Crippen molar-refractivity contribution in [2.24, 2.45) is 5.92 Å². The van der Waals surface area contributed by atoms with E-state index in [1.54, 1.807) is 23.8 Å². The first-order chi connectivity index (χ1) is 9.27. The van der Waals surface area contributed by atoms with Crippen LogP contribution in [0.2, 0.25) is 0 Å². The summed E-state index contributed by atoms with van der Waals surface area (Å²) in [6.07, 6.45) is 4.81. The molecule has 2 rings (SSSR count). The zero-order valence-electron chi connectivity index (χ0n) is 11.7. The molecular formula is C13H19BrN2O3S. The first-order valence-corrected chi connectivity index (χ1v) is 9.23. The Bertz CT molecular complexity index is 654. The molecule has 5 nitrogen and oxygen atoms in total. The monoisotopic (exact) mass is 362 g/mol. The fourth-order valence-corrected chi connectivity index (χ4v) is 4.16. The van der Waals surface area contributed by atoms with E-state index in [0.717, 1.165) is 17.3 Å². The number of nitrogens with zero attached hydrogens (tertiary/aromatic N) is 2. The van der Waals surface area contributed by atoms with Gasteiger partial charge < -0.3 is 4.57 Å². The lowest BCUT2D eigenvalue weighted by molar-refractivity contribution is 0.244. The summed E-state index contributed by atoms with van der Waals surface area (Å²) < 4.78 is 27.3. The van der Waals surface area contributed by atoms with Crippen LogP contribution in [0.25, 0.3) is 0 Å². The Morgan fingerprint density at radius 1 is 1.45 bits per heavy atom. The van der Waals surface area contributed by atoms with Gasteiger partial charge in [-0.15, -0.1) is 0 Å². The van der Waals surface area contributed by atoms with Gasteiger partial charge in [0.05, 0.1) is 6.26 Å². The van der Waals surface area contributed by atoms with Crippen LogP contribution in [0.3, 0.4) is 0 Å². The third kappa shape index (κ3) is 3.71. The van der Waals surface area contributed by atoms with E-state index in [4.69, 9.17) is 0 Å². The number of rotatable bonds is 3. The van der Waals surface area contributed by atoms with Gasteiger partial charge in [0.15, 0.2) is 0 Å². The quantitative estimate of drug-likeness (QED) is 0.820. The van der Waals surface area contributed by atoms with E-state index >= 15 is 0 Å². The predicted molar refractivity (Wildman–Crippen MR) is 82.3 cm³/mol. The molecule has 1 unspecified atom stereocenters. The third-order valence-electron chi connectivity index (χ3n) is 3.64. The Morgan fingerprint density at radius 2 is 2.15 bits per heavy atom. The molecule has 0 amide bonds. The molecule has 0 spiro atoms. The Morgan fingerprint density at radius 3 is 2.80 bits per heavy atom. The van der Waals surface area contributed by atoms with E-state index in [0.29, 0.717) is 25.2 Å². The van der Waals surface area contributed by atoms with E-state index in [-0.39, 0.29) is 11.5 Å². The summed E-state index contributed by atoms with van der Waals surface area (Å²) in [5.41, 5.74) is 0.680. The number of hydrogen-bond acceptors (Lipinski definition) is 3. The molecule has 1 atom stereocenters. The van der Waals surface area contributed by atoms with E-state index in [2.05, 4.69) is 15.9 Å². The number of halogens is 1. The van der Waals surface area contributed by atoms with Crippen molar-refractivity contribution in [2.75, 3.05) is 19.3 Å². The van der Waals surface area contributed by atoms with E-state index < -0.39 is 10.0 Å². The van der Waals surface area contributed by atoms with Crippen molar-refractivity contribution in [2.45, 2.75) is 26.3 Å². The molecule has 1 aromatic heterocycles. The molecule has 0 bridgehead atoms. The highest BCUT2D eigenvalue weighted by Gasteiger charge is 2.26. The Kier molecular flexibility index (Phi) is 4.71. The molecule has 0 saturated carbocycles. The van der Waals surface area contributed by atoms with Gasteiger partial charge in [0.1, 0.15) is 0 Å². The zero-order chi connectivity index (χ0) is 14.9. The number of hydrogen-bond donors (Lipinski definition) is 0. The van der Waals surface area contributed by atoms with Crippen LogP contribution < -0.4 is 5.56 Å². The SMILES string of the molecule is Cc1cc(Br)cn(CC2CCCN(S(C)(=O)=O)C2)c1=O. The summed E-state index contributed by atoms with van der Waals surface area (Å²) in [7, 11) is -3.14. The summed E-state index contributed by atoms with van der Waals surface area (Å²) in [6.45, 7) is 3.43. The maximum absolute atomic E-state index is 12.1. The van der Waals surface area contributed by atoms with Crippen LogP contribution in [0, 0.1) is 12.8 Å². The molecule has 0 aromatic carbocycles. The van der Waals surface area contributed by atoms with Crippen LogP contribution in [0.1, 0.15) is 18.4 Å².